The molecule has 1 heterocycles. The van der Waals surface area contributed by atoms with Crippen molar-refractivity contribution < 1.29 is 9.18 Å². The monoisotopic (exact) mass is 341 g/mol. The van der Waals surface area contributed by atoms with E-state index >= 15 is 0 Å². The highest BCUT2D eigenvalue weighted by atomic mass is 19.1. The zero-order valence-electron chi connectivity index (χ0n) is 14.5. The molecule has 5 heteroatoms. The molecule has 1 N–H and O–H groups in total. The van der Waals surface area contributed by atoms with Gasteiger partial charge in [-0.25, -0.2) is 4.39 Å². The van der Waals surface area contributed by atoms with Crippen LogP contribution in [0.25, 0.3) is 0 Å². The summed E-state index contributed by atoms with van der Waals surface area (Å²) in [6.45, 7) is 6.33. The van der Waals surface area contributed by atoms with E-state index < -0.39 is 0 Å². The number of amides is 1. The van der Waals surface area contributed by atoms with Crippen molar-refractivity contribution >= 4 is 11.6 Å². The van der Waals surface area contributed by atoms with Crippen LogP contribution in [0, 0.1) is 5.82 Å². The summed E-state index contributed by atoms with van der Waals surface area (Å²) >= 11 is 0. The van der Waals surface area contributed by atoms with Crippen molar-refractivity contribution in [1.82, 2.24) is 10.2 Å². The van der Waals surface area contributed by atoms with Crippen LogP contribution in [0.15, 0.2) is 48.5 Å². The lowest BCUT2D eigenvalue weighted by atomic mass is 10.1. The summed E-state index contributed by atoms with van der Waals surface area (Å²) in [4.78, 5) is 15.7. The second kappa shape index (κ2) is 8.12. The summed E-state index contributed by atoms with van der Waals surface area (Å²) in [5.74, 6) is -0.0623. The van der Waals surface area contributed by atoms with Crippen molar-refractivity contribution in [1.29, 1.82) is 0 Å². The summed E-state index contributed by atoms with van der Waals surface area (Å²) in [6.07, 6.45) is 0. The van der Waals surface area contributed by atoms with Crippen LogP contribution in [-0.4, -0.2) is 37.0 Å². The fourth-order valence-electron chi connectivity index (χ4n) is 3.17. The maximum atomic E-state index is 13.0. The molecule has 0 spiro atoms. The van der Waals surface area contributed by atoms with Gasteiger partial charge >= 0.3 is 0 Å². The molecule has 0 aromatic heterocycles. The van der Waals surface area contributed by atoms with E-state index in [1.807, 2.05) is 11.0 Å². The highest BCUT2D eigenvalue weighted by Gasteiger charge is 2.20. The normalized spacial score (nSPS) is 14.6. The van der Waals surface area contributed by atoms with Gasteiger partial charge in [-0.1, -0.05) is 30.3 Å². The summed E-state index contributed by atoms with van der Waals surface area (Å²) in [6, 6.07) is 14.9. The standard InChI is InChI=1S/C20H24FN3O/c1-16(25)23-10-12-24(13-11-23)20-5-3-2-4-18(20)15-22-14-17-6-8-19(21)9-7-17/h2-9,22H,10-15H2,1H3. The van der Waals surface area contributed by atoms with E-state index in [4.69, 9.17) is 0 Å². The van der Waals surface area contributed by atoms with Crippen LogP contribution in [-0.2, 0) is 17.9 Å². The Morgan fingerprint density at radius 3 is 2.36 bits per heavy atom. The van der Waals surface area contributed by atoms with E-state index in [0.29, 0.717) is 6.54 Å². The number of carbonyl (C=O) groups is 1. The third-order valence-corrected chi connectivity index (χ3v) is 4.62. The molecule has 0 aliphatic carbocycles. The molecule has 4 nitrogen and oxygen atoms in total. The van der Waals surface area contributed by atoms with Crippen LogP contribution >= 0.6 is 0 Å². The van der Waals surface area contributed by atoms with Gasteiger partial charge in [-0.05, 0) is 29.3 Å². The van der Waals surface area contributed by atoms with Gasteiger partial charge in [0.2, 0.25) is 5.91 Å². The van der Waals surface area contributed by atoms with Crippen molar-refractivity contribution in [2.75, 3.05) is 31.1 Å². The molecule has 1 aliphatic heterocycles. The molecule has 0 saturated carbocycles. The Morgan fingerprint density at radius 2 is 1.68 bits per heavy atom. The van der Waals surface area contributed by atoms with E-state index in [0.717, 1.165) is 38.3 Å². The number of rotatable bonds is 5. The van der Waals surface area contributed by atoms with Gasteiger partial charge in [0.1, 0.15) is 5.82 Å². The Balaban J connectivity index is 1.59. The molecular formula is C20H24FN3O. The number of anilines is 1. The number of hydrogen-bond donors (Lipinski definition) is 1. The van der Waals surface area contributed by atoms with Crippen LogP contribution in [0.2, 0.25) is 0 Å². The predicted molar refractivity (Wildman–Crippen MR) is 97.9 cm³/mol. The van der Waals surface area contributed by atoms with Gasteiger partial charge < -0.3 is 15.1 Å². The smallest absolute Gasteiger partial charge is 0.219 e. The third kappa shape index (κ3) is 4.57. The molecule has 2 aromatic rings. The van der Waals surface area contributed by atoms with Crippen molar-refractivity contribution in [3.63, 3.8) is 0 Å². The largest absolute Gasteiger partial charge is 0.368 e. The second-order valence-corrected chi connectivity index (χ2v) is 6.35. The fourth-order valence-corrected chi connectivity index (χ4v) is 3.17. The minimum Gasteiger partial charge on any atom is -0.368 e. The highest BCUT2D eigenvalue weighted by molar-refractivity contribution is 5.73. The van der Waals surface area contributed by atoms with Crippen molar-refractivity contribution in [2.45, 2.75) is 20.0 Å². The number of para-hydroxylation sites is 1. The van der Waals surface area contributed by atoms with E-state index in [9.17, 15) is 9.18 Å². The quantitative estimate of drug-likeness (QED) is 0.908. The molecule has 2 aromatic carbocycles. The first-order chi connectivity index (χ1) is 12.1. The maximum Gasteiger partial charge on any atom is 0.219 e. The van der Waals surface area contributed by atoms with Crippen LogP contribution in [0.5, 0.6) is 0 Å². The zero-order valence-corrected chi connectivity index (χ0v) is 14.5. The Hall–Kier alpha value is -2.40. The second-order valence-electron chi connectivity index (χ2n) is 6.35. The van der Waals surface area contributed by atoms with E-state index in [1.165, 1.54) is 23.4 Å². The van der Waals surface area contributed by atoms with Gasteiger partial charge in [0, 0.05) is 51.9 Å². The summed E-state index contributed by atoms with van der Waals surface area (Å²) in [7, 11) is 0. The lowest BCUT2D eigenvalue weighted by molar-refractivity contribution is -0.129. The SMILES string of the molecule is CC(=O)N1CCN(c2ccccc2CNCc2ccc(F)cc2)CC1. The number of carbonyl (C=O) groups excluding carboxylic acids is 1. The lowest BCUT2D eigenvalue weighted by Crippen LogP contribution is -2.48. The maximum absolute atomic E-state index is 13.0. The molecule has 132 valence electrons. The van der Waals surface area contributed by atoms with Gasteiger partial charge in [0.15, 0.2) is 0 Å². The zero-order chi connectivity index (χ0) is 17.6. The molecule has 1 saturated heterocycles. The van der Waals surface area contributed by atoms with Crippen LogP contribution in [0.3, 0.4) is 0 Å². The minimum atomic E-state index is -0.209. The molecular weight excluding hydrogens is 317 g/mol. The van der Waals surface area contributed by atoms with E-state index in [-0.39, 0.29) is 11.7 Å². The molecule has 0 bridgehead atoms. The number of nitrogens with zero attached hydrogens (tertiary/aromatic N) is 2. The summed E-state index contributed by atoms with van der Waals surface area (Å²) in [5.41, 5.74) is 3.52. The fraction of sp³-hybridized carbons (Fsp3) is 0.350. The number of piperazine rings is 1. The van der Waals surface area contributed by atoms with Gasteiger partial charge in [0.05, 0.1) is 0 Å². The minimum absolute atomic E-state index is 0.147. The number of hydrogen-bond acceptors (Lipinski definition) is 3. The van der Waals surface area contributed by atoms with Gasteiger partial charge in [-0.2, -0.15) is 0 Å². The Kier molecular flexibility index (Phi) is 5.66. The molecule has 1 aliphatic rings. The third-order valence-electron chi connectivity index (χ3n) is 4.62. The van der Waals surface area contributed by atoms with E-state index in [1.54, 1.807) is 19.1 Å². The number of halogens is 1. The number of benzene rings is 2. The predicted octanol–water partition coefficient (Wildman–Crippen LogP) is 2.78. The van der Waals surface area contributed by atoms with Gasteiger partial charge in [-0.15, -0.1) is 0 Å². The molecule has 3 rings (SSSR count). The lowest BCUT2D eigenvalue weighted by Gasteiger charge is -2.36. The first-order valence-corrected chi connectivity index (χ1v) is 8.67. The van der Waals surface area contributed by atoms with E-state index in [2.05, 4.69) is 28.4 Å². The van der Waals surface area contributed by atoms with Crippen molar-refractivity contribution in [2.24, 2.45) is 0 Å². The summed E-state index contributed by atoms with van der Waals surface area (Å²) in [5, 5.41) is 3.43. The topological polar surface area (TPSA) is 35.6 Å². The first kappa shape index (κ1) is 17.4. The Morgan fingerprint density at radius 1 is 1.00 bits per heavy atom. The van der Waals surface area contributed by atoms with Crippen LogP contribution in [0.1, 0.15) is 18.1 Å². The van der Waals surface area contributed by atoms with Crippen LogP contribution in [0.4, 0.5) is 10.1 Å². The number of nitrogens with one attached hydrogen (secondary N) is 1. The Bertz CT molecular complexity index is 709. The molecule has 0 radical (unpaired) electrons. The van der Waals surface area contributed by atoms with Gasteiger partial charge in [-0.3, -0.25) is 4.79 Å². The summed E-state index contributed by atoms with van der Waals surface area (Å²) < 4.78 is 13.0. The Labute approximate surface area is 148 Å². The van der Waals surface area contributed by atoms with Crippen molar-refractivity contribution in [3.8, 4) is 0 Å². The molecule has 1 amide bonds. The molecule has 0 atom stereocenters. The average molecular weight is 341 g/mol. The average Bonchev–Trinajstić information content (AvgIpc) is 2.64. The highest BCUT2D eigenvalue weighted by Crippen LogP contribution is 2.22. The molecule has 0 unspecified atom stereocenters. The van der Waals surface area contributed by atoms with Gasteiger partial charge in [0.25, 0.3) is 0 Å². The molecule has 1 fully saturated rings. The van der Waals surface area contributed by atoms with Crippen LogP contribution < -0.4 is 10.2 Å². The first-order valence-electron chi connectivity index (χ1n) is 8.67. The molecule has 25 heavy (non-hydrogen) atoms. The van der Waals surface area contributed by atoms with Crippen molar-refractivity contribution in [3.05, 3.63) is 65.5 Å².